The highest BCUT2D eigenvalue weighted by atomic mass is 32.2. The molecule has 2 rings (SSSR count). The van der Waals surface area contributed by atoms with Crippen LogP contribution in [0.5, 0.6) is 0 Å². The maximum Gasteiger partial charge on any atom is 0.318 e. The van der Waals surface area contributed by atoms with E-state index in [0.29, 0.717) is 11.1 Å². The Kier molecular flexibility index (Phi) is 3.18. The van der Waals surface area contributed by atoms with E-state index in [4.69, 9.17) is 11.6 Å². The third kappa shape index (κ3) is 2.87. The van der Waals surface area contributed by atoms with Crippen LogP contribution in [0.4, 0.5) is 4.79 Å². The minimum Gasteiger partial charge on any atom is -0.351 e. The first-order chi connectivity index (χ1) is 8.08. The van der Waals surface area contributed by atoms with Gasteiger partial charge in [-0.25, -0.2) is 9.47 Å². The van der Waals surface area contributed by atoms with Gasteiger partial charge in [-0.1, -0.05) is 11.8 Å². The van der Waals surface area contributed by atoms with Crippen LogP contribution in [0.3, 0.4) is 0 Å². The number of thioether (sulfide) groups is 1. The Balaban J connectivity index is 1.90. The molecule has 1 fully saturated rings. The fourth-order valence-electron chi connectivity index (χ4n) is 1.31. The number of amides is 3. The van der Waals surface area contributed by atoms with E-state index in [1.54, 1.807) is 0 Å². The van der Waals surface area contributed by atoms with E-state index in [9.17, 15) is 9.59 Å². The lowest BCUT2D eigenvalue weighted by atomic mass is 10.4. The van der Waals surface area contributed by atoms with Crippen LogP contribution in [-0.2, 0) is 4.79 Å². The summed E-state index contributed by atoms with van der Waals surface area (Å²) < 4.78 is 1.39. The van der Waals surface area contributed by atoms with Crippen molar-refractivity contribution in [1.29, 1.82) is 0 Å². The largest absolute Gasteiger partial charge is 0.351 e. The first kappa shape index (κ1) is 11.7. The summed E-state index contributed by atoms with van der Waals surface area (Å²) in [7, 11) is 0. The van der Waals surface area contributed by atoms with Crippen molar-refractivity contribution < 1.29 is 9.59 Å². The van der Waals surface area contributed by atoms with E-state index < -0.39 is 11.9 Å². The number of urea groups is 1. The molecule has 0 atom stereocenters. The molecule has 5 N–H and O–H groups in total. The zero-order valence-corrected chi connectivity index (χ0v) is 9.74. The van der Waals surface area contributed by atoms with Gasteiger partial charge in [-0.3, -0.25) is 10.1 Å². The van der Waals surface area contributed by atoms with Crippen molar-refractivity contribution in [1.82, 2.24) is 20.2 Å². The van der Waals surface area contributed by atoms with Crippen molar-refractivity contribution in [2.24, 2.45) is 5.73 Å². The number of nitrogens with one attached hydrogen (secondary N) is 1. The second kappa shape index (κ2) is 4.62. The van der Waals surface area contributed by atoms with Crippen molar-refractivity contribution in [3.63, 3.8) is 0 Å². The molecule has 9 heteroatoms. The molecule has 0 saturated heterocycles. The summed E-state index contributed by atoms with van der Waals surface area (Å²) in [5.74, 6) is 6.44. The van der Waals surface area contributed by atoms with E-state index in [1.807, 2.05) is 5.32 Å². The predicted molar refractivity (Wildman–Crippen MR) is 60.6 cm³/mol. The Labute approximate surface area is 101 Å². The normalized spacial score (nSPS) is 14.6. The Morgan fingerprint density at radius 1 is 1.47 bits per heavy atom. The van der Waals surface area contributed by atoms with Gasteiger partial charge in [0.05, 0.1) is 5.75 Å². The van der Waals surface area contributed by atoms with Crippen LogP contribution < -0.4 is 16.9 Å². The molecule has 92 valence electrons. The summed E-state index contributed by atoms with van der Waals surface area (Å²) in [5.41, 5.74) is 4.81. The quantitative estimate of drug-likeness (QED) is 0.475. The number of hydrogen-bond donors (Lipinski definition) is 3. The maximum absolute atomic E-state index is 11.2. The topological polar surface area (TPSA) is 129 Å². The number of carbonyl (C=O) groups excluding carboxylic acids is 2. The molecule has 8 nitrogen and oxygen atoms in total. The molecule has 0 radical (unpaired) electrons. The molecule has 3 amide bonds. The minimum absolute atomic E-state index is 0.0168. The molecule has 0 aliphatic heterocycles. The number of nitrogen functional groups attached to an aromatic ring is 1. The third-order valence-electron chi connectivity index (χ3n) is 2.23. The Bertz CT molecular complexity index is 455. The maximum atomic E-state index is 11.2. The molecule has 1 aromatic heterocycles. The van der Waals surface area contributed by atoms with Gasteiger partial charge >= 0.3 is 6.03 Å². The van der Waals surface area contributed by atoms with Crippen molar-refractivity contribution in [2.75, 3.05) is 11.6 Å². The van der Waals surface area contributed by atoms with Gasteiger partial charge in [0.15, 0.2) is 5.82 Å². The van der Waals surface area contributed by atoms with Gasteiger partial charge < -0.3 is 11.6 Å². The van der Waals surface area contributed by atoms with Gasteiger partial charge in [0.25, 0.3) is 0 Å². The lowest BCUT2D eigenvalue weighted by Crippen LogP contribution is -2.36. The average Bonchev–Trinajstić information content (AvgIpc) is 3.00. The zero-order valence-electron chi connectivity index (χ0n) is 8.92. The second-order valence-corrected chi connectivity index (χ2v) is 4.63. The average molecular weight is 256 g/mol. The number of primary amides is 1. The summed E-state index contributed by atoms with van der Waals surface area (Å²) in [5, 5.41) is 10.2. The molecular weight excluding hydrogens is 244 g/mol. The molecule has 0 bridgehead atoms. The summed E-state index contributed by atoms with van der Waals surface area (Å²) in [6, 6.07) is -0.872. The summed E-state index contributed by atoms with van der Waals surface area (Å²) in [6.07, 6.45) is 2.14. The van der Waals surface area contributed by atoms with E-state index in [0.717, 1.165) is 30.4 Å². The number of aromatic nitrogens is 3. The first-order valence-corrected chi connectivity index (χ1v) is 5.99. The fourth-order valence-corrected chi connectivity index (χ4v) is 1.97. The fraction of sp³-hybridized carbons (Fsp3) is 0.500. The molecule has 0 unspecified atom stereocenters. The van der Waals surface area contributed by atoms with Gasteiger partial charge in [0.2, 0.25) is 11.1 Å². The molecule has 0 aromatic carbocycles. The number of nitrogens with two attached hydrogens (primary N) is 2. The second-order valence-electron chi connectivity index (χ2n) is 3.69. The number of hydrogen-bond acceptors (Lipinski definition) is 6. The van der Waals surface area contributed by atoms with Gasteiger partial charge in [-0.05, 0) is 12.8 Å². The van der Waals surface area contributed by atoms with Gasteiger partial charge in [0, 0.05) is 5.92 Å². The smallest absolute Gasteiger partial charge is 0.318 e. The van der Waals surface area contributed by atoms with E-state index in [1.165, 1.54) is 4.68 Å². The number of imide groups is 1. The molecule has 1 aliphatic carbocycles. The van der Waals surface area contributed by atoms with Crippen LogP contribution in [-0.4, -0.2) is 32.6 Å². The molecule has 1 saturated carbocycles. The van der Waals surface area contributed by atoms with Crippen molar-refractivity contribution in [3.05, 3.63) is 5.82 Å². The highest BCUT2D eigenvalue weighted by Gasteiger charge is 2.29. The van der Waals surface area contributed by atoms with E-state index >= 15 is 0 Å². The highest BCUT2D eigenvalue weighted by Crippen LogP contribution is 2.39. The van der Waals surface area contributed by atoms with Crippen LogP contribution in [0, 0.1) is 0 Å². The van der Waals surface area contributed by atoms with E-state index in [-0.39, 0.29) is 5.75 Å². The zero-order chi connectivity index (χ0) is 12.4. The standard InChI is InChI=1S/C8H12N6O2S/c9-7(16)11-5(15)3-17-8-13-12-6(14(8)10)4-1-2-4/h4H,1-3,10H2,(H3,9,11,15,16). The Morgan fingerprint density at radius 3 is 2.76 bits per heavy atom. The van der Waals surface area contributed by atoms with Crippen LogP contribution in [0.25, 0.3) is 0 Å². The van der Waals surface area contributed by atoms with Crippen LogP contribution in [0.1, 0.15) is 24.6 Å². The molecular formula is C8H12N6O2S. The summed E-state index contributed by atoms with van der Waals surface area (Å²) in [4.78, 5) is 21.6. The molecule has 1 heterocycles. The predicted octanol–water partition coefficient (Wildman–Crippen LogP) is -0.844. The lowest BCUT2D eigenvalue weighted by molar-refractivity contribution is -0.117. The van der Waals surface area contributed by atoms with E-state index in [2.05, 4.69) is 10.2 Å². The highest BCUT2D eigenvalue weighted by molar-refractivity contribution is 7.99. The lowest BCUT2D eigenvalue weighted by Gasteiger charge is -2.02. The van der Waals surface area contributed by atoms with Crippen LogP contribution >= 0.6 is 11.8 Å². The molecule has 17 heavy (non-hydrogen) atoms. The monoisotopic (exact) mass is 256 g/mol. The summed E-state index contributed by atoms with van der Waals surface area (Å²) >= 11 is 1.11. The SMILES string of the molecule is NC(=O)NC(=O)CSc1nnc(C2CC2)n1N. The number of rotatable bonds is 4. The minimum atomic E-state index is -0.872. The van der Waals surface area contributed by atoms with Crippen molar-refractivity contribution >= 4 is 23.7 Å². The molecule has 1 aromatic rings. The van der Waals surface area contributed by atoms with Crippen LogP contribution in [0.2, 0.25) is 0 Å². The van der Waals surface area contributed by atoms with Crippen molar-refractivity contribution in [2.45, 2.75) is 23.9 Å². The molecule has 1 aliphatic rings. The number of carbonyl (C=O) groups is 2. The number of nitrogens with zero attached hydrogens (tertiary/aromatic N) is 3. The van der Waals surface area contributed by atoms with Crippen molar-refractivity contribution in [3.8, 4) is 0 Å². The third-order valence-corrected chi connectivity index (χ3v) is 3.17. The van der Waals surface area contributed by atoms with Gasteiger partial charge in [0.1, 0.15) is 0 Å². The van der Waals surface area contributed by atoms with Gasteiger partial charge in [-0.15, -0.1) is 10.2 Å². The molecule has 0 spiro atoms. The Hall–Kier alpha value is -1.77. The van der Waals surface area contributed by atoms with Crippen LogP contribution in [0.15, 0.2) is 5.16 Å². The first-order valence-electron chi connectivity index (χ1n) is 5.00. The Morgan fingerprint density at radius 2 is 2.18 bits per heavy atom. The van der Waals surface area contributed by atoms with Gasteiger partial charge in [-0.2, -0.15) is 0 Å². The summed E-state index contributed by atoms with van der Waals surface area (Å²) in [6.45, 7) is 0.